The third-order valence-corrected chi connectivity index (χ3v) is 0.586. The van der Waals surface area contributed by atoms with Crippen LogP contribution in [-0.4, -0.2) is 0 Å². The molecule has 0 aromatic rings. The predicted octanol–water partition coefficient (Wildman–Crippen LogP) is 1.30. The van der Waals surface area contributed by atoms with Crippen LogP contribution in [0.1, 0.15) is 6.42 Å². The van der Waals surface area contributed by atoms with E-state index in [0.717, 1.165) is 6.42 Å². The van der Waals surface area contributed by atoms with E-state index < -0.39 is 0 Å². The molecule has 0 unspecified atom stereocenters. The van der Waals surface area contributed by atoms with Crippen LogP contribution in [0.15, 0.2) is 18.2 Å². The van der Waals surface area contributed by atoms with Gasteiger partial charge in [0.05, 0.1) is 0 Å². The molecule has 0 amide bonds. The molecule has 36 valence electrons. The molecule has 6 heavy (non-hydrogen) atoms. The molecule has 1 aliphatic carbocycles. The summed E-state index contributed by atoms with van der Waals surface area (Å²) in [5, 5.41) is 0. The van der Waals surface area contributed by atoms with Crippen molar-refractivity contribution >= 4 is 0 Å². The molecule has 0 fully saturated rings. The Morgan fingerprint density at radius 2 is 2.33 bits per heavy atom. The average Bonchev–Trinajstić information content (AvgIpc) is 1.76. The van der Waals surface area contributed by atoms with E-state index in [1.54, 1.807) is 0 Å². The summed E-state index contributed by atoms with van der Waals surface area (Å²) < 4.78 is 0. The third-order valence-electron chi connectivity index (χ3n) is 0.586. The predicted molar refractivity (Wildman–Crippen MR) is 21.6 cm³/mol. The van der Waals surface area contributed by atoms with E-state index in [9.17, 15) is 0 Å². The van der Waals surface area contributed by atoms with Crippen molar-refractivity contribution in [3.8, 4) is 0 Å². The fourth-order valence-corrected chi connectivity index (χ4v) is 0.340. The molecule has 1 rings (SSSR count). The fraction of sp³-hybridized carbons (Fsp3) is 0.200. The van der Waals surface area contributed by atoms with Crippen LogP contribution in [0.5, 0.6) is 0 Å². The van der Waals surface area contributed by atoms with Gasteiger partial charge in [-0.25, -0.2) is 12.2 Å². The Morgan fingerprint density at radius 3 is 2.50 bits per heavy atom. The van der Waals surface area contributed by atoms with Crippen LogP contribution in [0.25, 0.3) is 0 Å². The molecule has 0 saturated carbocycles. The van der Waals surface area contributed by atoms with Crippen molar-refractivity contribution in [1.29, 1.82) is 0 Å². The van der Waals surface area contributed by atoms with Gasteiger partial charge in [0.15, 0.2) is 0 Å². The Kier molecular flexibility index (Phi) is 3.20. The fourth-order valence-electron chi connectivity index (χ4n) is 0.340. The molecule has 0 aromatic carbocycles. The van der Waals surface area contributed by atoms with Crippen LogP contribution in [-0.2, 0) is 17.1 Å². The van der Waals surface area contributed by atoms with Gasteiger partial charge in [-0.15, -0.1) is 6.42 Å². The summed E-state index contributed by atoms with van der Waals surface area (Å²) in [7, 11) is 0. The Balaban J connectivity index is 0.000000250. The van der Waals surface area contributed by atoms with Crippen molar-refractivity contribution in [3.05, 3.63) is 24.3 Å². The second-order valence-electron chi connectivity index (χ2n) is 1.00. The summed E-state index contributed by atoms with van der Waals surface area (Å²) in [5.41, 5.74) is 0. The Labute approximate surface area is 48.4 Å². The number of hydrogen-bond acceptors (Lipinski definition) is 0. The van der Waals surface area contributed by atoms with Crippen molar-refractivity contribution in [3.63, 3.8) is 0 Å². The molecule has 1 aliphatic rings. The van der Waals surface area contributed by atoms with Crippen molar-refractivity contribution in [2.75, 3.05) is 0 Å². The van der Waals surface area contributed by atoms with E-state index in [-0.39, 0.29) is 17.1 Å². The second kappa shape index (κ2) is 3.20. The molecular formula is C5H5Cu. The average molecular weight is 129 g/mol. The quantitative estimate of drug-likeness (QED) is 0.341. The maximum absolute atomic E-state index is 2.99. The van der Waals surface area contributed by atoms with E-state index >= 15 is 0 Å². The van der Waals surface area contributed by atoms with E-state index in [2.05, 4.69) is 12.2 Å². The van der Waals surface area contributed by atoms with E-state index in [1.807, 2.05) is 12.2 Å². The largest absolute Gasteiger partial charge is 1.00 e. The number of rotatable bonds is 0. The maximum atomic E-state index is 2.99. The first-order valence-corrected chi connectivity index (χ1v) is 1.72. The molecule has 0 aliphatic heterocycles. The van der Waals surface area contributed by atoms with Gasteiger partial charge in [0.1, 0.15) is 0 Å². The van der Waals surface area contributed by atoms with Gasteiger partial charge in [-0.1, -0.05) is 0 Å². The van der Waals surface area contributed by atoms with Crippen LogP contribution in [0.3, 0.4) is 0 Å². The van der Waals surface area contributed by atoms with Crippen molar-refractivity contribution in [1.82, 2.24) is 0 Å². The first-order valence-electron chi connectivity index (χ1n) is 1.72. The maximum Gasteiger partial charge on any atom is 1.00 e. The van der Waals surface area contributed by atoms with Crippen LogP contribution >= 0.6 is 0 Å². The van der Waals surface area contributed by atoms with Gasteiger partial charge >= 0.3 is 17.1 Å². The first kappa shape index (κ1) is 6.00. The zero-order valence-corrected chi connectivity index (χ0v) is 4.18. The smallest absolute Gasteiger partial charge is 0.273 e. The number of hydrogen-bond donors (Lipinski definition) is 0. The standard InChI is InChI=1S/C5H5.Cu/c1-2-4-5-3-1;/h1-3H,4H2;/q-1;+1. The summed E-state index contributed by atoms with van der Waals surface area (Å²) in [6.07, 6.45) is 10.0. The minimum absolute atomic E-state index is 0. The van der Waals surface area contributed by atoms with Gasteiger partial charge in [-0.2, -0.15) is 6.08 Å². The van der Waals surface area contributed by atoms with E-state index in [0.29, 0.717) is 0 Å². The summed E-state index contributed by atoms with van der Waals surface area (Å²) >= 11 is 0. The van der Waals surface area contributed by atoms with Gasteiger partial charge < -0.3 is 0 Å². The van der Waals surface area contributed by atoms with E-state index in [4.69, 9.17) is 0 Å². The molecule has 0 spiro atoms. The minimum Gasteiger partial charge on any atom is -0.273 e. The molecule has 1 heteroatoms. The summed E-state index contributed by atoms with van der Waals surface area (Å²) in [5.74, 6) is 0. The van der Waals surface area contributed by atoms with Gasteiger partial charge in [0.2, 0.25) is 0 Å². The molecule has 0 saturated heterocycles. The molecule has 0 N–H and O–H groups in total. The normalized spacial score (nSPS) is 14.7. The van der Waals surface area contributed by atoms with Crippen LogP contribution in [0, 0.1) is 6.08 Å². The van der Waals surface area contributed by atoms with Gasteiger partial charge in [-0.05, 0) is 0 Å². The van der Waals surface area contributed by atoms with Crippen LogP contribution in [0.4, 0.5) is 0 Å². The molecular weight excluding hydrogens is 124 g/mol. The first-order chi connectivity index (χ1) is 2.50. The van der Waals surface area contributed by atoms with Gasteiger partial charge in [0.25, 0.3) is 0 Å². The monoisotopic (exact) mass is 128 g/mol. The molecule has 0 nitrogen and oxygen atoms in total. The molecule has 0 radical (unpaired) electrons. The Morgan fingerprint density at radius 1 is 1.50 bits per heavy atom. The molecule has 0 heterocycles. The summed E-state index contributed by atoms with van der Waals surface area (Å²) in [6.45, 7) is 0. The number of allylic oxidation sites excluding steroid dienone is 4. The minimum atomic E-state index is 0. The van der Waals surface area contributed by atoms with Crippen LogP contribution in [0.2, 0.25) is 0 Å². The Hall–Kier alpha value is -0.000519. The molecule has 0 atom stereocenters. The van der Waals surface area contributed by atoms with Crippen molar-refractivity contribution in [2.24, 2.45) is 0 Å². The van der Waals surface area contributed by atoms with Gasteiger partial charge in [0, 0.05) is 0 Å². The Bertz CT molecular complexity index is 62.0. The molecule has 0 bridgehead atoms. The SMILES string of the molecule is [C-]1=CC=CC1.[Cu+]. The van der Waals surface area contributed by atoms with Gasteiger partial charge in [-0.3, -0.25) is 6.08 Å². The van der Waals surface area contributed by atoms with Crippen molar-refractivity contribution < 1.29 is 17.1 Å². The van der Waals surface area contributed by atoms with Crippen molar-refractivity contribution in [2.45, 2.75) is 6.42 Å². The second-order valence-corrected chi connectivity index (χ2v) is 1.00. The topological polar surface area (TPSA) is 0 Å². The summed E-state index contributed by atoms with van der Waals surface area (Å²) in [6, 6.07) is 0. The zero-order valence-electron chi connectivity index (χ0n) is 3.24. The zero-order chi connectivity index (χ0) is 3.54. The molecule has 0 aromatic heterocycles. The van der Waals surface area contributed by atoms with Crippen LogP contribution < -0.4 is 0 Å². The third kappa shape index (κ3) is 1.44. The van der Waals surface area contributed by atoms with E-state index in [1.165, 1.54) is 0 Å². The summed E-state index contributed by atoms with van der Waals surface area (Å²) in [4.78, 5) is 0.